The monoisotopic (exact) mass is 406 g/mol. The molecule has 0 amide bonds. The van der Waals surface area contributed by atoms with Crippen LogP contribution in [0.5, 0.6) is 0 Å². The van der Waals surface area contributed by atoms with Crippen LogP contribution in [0.15, 0.2) is 39.3 Å². The van der Waals surface area contributed by atoms with Crippen molar-refractivity contribution in [2.45, 2.75) is 13.0 Å². The minimum atomic E-state index is -1.04. The summed E-state index contributed by atoms with van der Waals surface area (Å²) in [6.07, 6.45) is -1.04. The zero-order valence-electron chi connectivity index (χ0n) is 9.92. The second-order valence-electron chi connectivity index (χ2n) is 4.19. The lowest BCUT2D eigenvalue weighted by atomic mass is 9.97. The van der Waals surface area contributed by atoms with Crippen molar-refractivity contribution in [3.63, 3.8) is 0 Å². The van der Waals surface area contributed by atoms with Crippen LogP contribution in [0.25, 0.3) is 0 Å². The summed E-state index contributed by atoms with van der Waals surface area (Å²) in [6, 6.07) is 8.14. The number of aryl methyl sites for hydroxylation is 1. The summed E-state index contributed by atoms with van der Waals surface area (Å²) in [5.74, 6) is -0.494. The van der Waals surface area contributed by atoms with Gasteiger partial charge >= 0.3 is 0 Å². The van der Waals surface area contributed by atoms with Crippen LogP contribution in [0.3, 0.4) is 0 Å². The normalized spacial score (nSPS) is 12.5. The molecule has 0 heterocycles. The van der Waals surface area contributed by atoms with Crippen molar-refractivity contribution in [3.05, 3.63) is 66.8 Å². The third kappa shape index (κ3) is 3.19. The van der Waals surface area contributed by atoms with Gasteiger partial charge in [0.15, 0.2) is 0 Å². The largest absolute Gasteiger partial charge is 0.384 e. The first-order valence-electron chi connectivity index (χ1n) is 5.48. The Morgan fingerprint density at radius 3 is 2.47 bits per heavy atom. The van der Waals surface area contributed by atoms with Gasteiger partial charge in [-0.2, -0.15) is 0 Å². The average Bonchev–Trinajstić information content (AvgIpc) is 2.33. The molecule has 0 aromatic heterocycles. The molecule has 0 aliphatic rings. The van der Waals surface area contributed by atoms with Crippen LogP contribution in [0.4, 0.5) is 4.39 Å². The maximum Gasteiger partial charge on any atom is 0.130 e. The van der Waals surface area contributed by atoms with Gasteiger partial charge in [0.25, 0.3) is 0 Å². The van der Waals surface area contributed by atoms with Gasteiger partial charge in [-0.3, -0.25) is 0 Å². The molecule has 0 saturated carbocycles. The molecular weight excluding hydrogens is 398 g/mol. The molecule has 0 spiro atoms. The Balaban J connectivity index is 2.49. The molecule has 1 unspecified atom stereocenters. The summed E-state index contributed by atoms with van der Waals surface area (Å²) in [5.41, 5.74) is 1.69. The summed E-state index contributed by atoms with van der Waals surface area (Å²) in [4.78, 5) is 0. The maximum atomic E-state index is 13.9. The van der Waals surface area contributed by atoms with Crippen LogP contribution in [-0.4, -0.2) is 5.11 Å². The molecule has 2 aromatic rings. The molecule has 1 atom stereocenters. The predicted molar refractivity (Wildman–Crippen MR) is 82.1 cm³/mol. The van der Waals surface area contributed by atoms with Gasteiger partial charge in [-0.05, 0) is 58.2 Å². The van der Waals surface area contributed by atoms with Crippen molar-refractivity contribution in [2.75, 3.05) is 0 Å². The number of aliphatic hydroxyl groups excluding tert-OH is 1. The highest BCUT2D eigenvalue weighted by Gasteiger charge is 2.18. The summed E-state index contributed by atoms with van der Waals surface area (Å²) < 4.78 is 15.3. The van der Waals surface area contributed by atoms with E-state index in [0.717, 1.165) is 10.0 Å². The van der Waals surface area contributed by atoms with Crippen LogP contribution < -0.4 is 0 Å². The van der Waals surface area contributed by atoms with Gasteiger partial charge in [0.2, 0.25) is 0 Å². The zero-order chi connectivity index (χ0) is 14.2. The second kappa shape index (κ2) is 5.92. The van der Waals surface area contributed by atoms with Crippen LogP contribution in [0.2, 0.25) is 5.02 Å². The Bertz CT molecular complexity index is 631. The highest BCUT2D eigenvalue weighted by Crippen LogP contribution is 2.33. The molecule has 5 heteroatoms. The molecule has 0 saturated heterocycles. The SMILES string of the molecule is Cc1cc(Br)ccc1C(O)c1cc(Cl)c(Br)cc1F. The summed E-state index contributed by atoms with van der Waals surface area (Å²) in [6.45, 7) is 1.86. The Kier molecular flexibility index (Phi) is 4.66. The van der Waals surface area contributed by atoms with Gasteiger partial charge in [0, 0.05) is 14.5 Å². The summed E-state index contributed by atoms with van der Waals surface area (Å²) in [7, 11) is 0. The fourth-order valence-corrected chi connectivity index (χ4v) is 2.82. The fourth-order valence-electron chi connectivity index (χ4n) is 1.86. The number of hydrogen-bond donors (Lipinski definition) is 1. The lowest BCUT2D eigenvalue weighted by molar-refractivity contribution is 0.214. The van der Waals surface area contributed by atoms with E-state index >= 15 is 0 Å². The Labute approximate surface area is 132 Å². The van der Waals surface area contributed by atoms with Crippen LogP contribution in [-0.2, 0) is 0 Å². The first-order chi connectivity index (χ1) is 8.90. The number of aliphatic hydroxyl groups is 1. The molecule has 0 bridgehead atoms. The first kappa shape index (κ1) is 15.0. The molecule has 0 fully saturated rings. The third-order valence-electron chi connectivity index (χ3n) is 2.86. The molecule has 2 rings (SSSR count). The highest BCUT2D eigenvalue weighted by molar-refractivity contribution is 9.10. The van der Waals surface area contributed by atoms with Crippen molar-refractivity contribution in [2.24, 2.45) is 0 Å². The van der Waals surface area contributed by atoms with Gasteiger partial charge in [0.05, 0.1) is 5.02 Å². The topological polar surface area (TPSA) is 20.2 Å². The standard InChI is InChI=1S/C14H10Br2ClFO/c1-7-4-8(15)2-3-9(7)14(19)10-5-12(17)11(16)6-13(10)18/h2-6,14,19H,1H3. The van der Waals surface area contributed by atoms with E-state index in [0.29, 0.717) is 15.1 Å². The van der Waals surface area contributed by atoms with Crippen molar-refractivity contribution < 1.29 is 9.50 Å². The average molecular weight is 408 g/mol. The molecular formula is C14H10Br2ClFO. The molecule has 0 aliphatic heterocycles. The number of benzene rings is 2. The maximum absolute atomic E-state index is 13.9. The van der Waals surface area contributed by atoms with Crippen molar-refractivity contribution in [1.82, 2.24) is 0 Å². The van der Waals surface area contributed by atoms with Crippen LogP contribution in [0.1, 0.15) is 22.8 Å². The fraction of sp³-hybridized carbons (Fsp3) is 0.143. The lowest BCUT2D eigenvalue weighted by Gasteiger charge is -2.16. The van der Waals surface area contributed by atoms with Crippen LogP contribution in [0, 0.1) is 12.7 Å². The smallest absolute Gasteiger partial charge is 0.130 e. The minimum Gasteiger partial charge on any atom is -0.384 e. The second-order valence-corrected chi connectivity index (χ2v) is 6.37. The lowest BCUT2D eigenvalue weighted by Crippen LogP contribution is -2.05. The van der Waals surface area contributed by atoms with Crippen molar-refractivity contribution >= 4 is 43.5 Å². The van der Waals surface area contributed by atoms with Gasteiger partial charge in [-0.25, -0.2) is 4.39 Å². The van der Waals surface area contributed by atoms with E-state index in [9.17, 15) is 9.50 Å². The van der Waals surface area contributed by atoms with E-state index in [-0.39, 0.29) is 5.56 Å². The Hall–Kier alpha value is -0.420. The molecule has 1 N–H and O–H groups in total. The van der Waals surface area contributed by atoms with Crippen molar-refractivity contribution in [1.29, 1.82) is 0 Å². The van der Waals surface area contributed by atoms with Gasteiger partial charge in [0.1, 0.15) is 11.9 Å². The third-order valence-corrected chi connectivity index (χ3v) is 4.55. The zero-order valence-corrected chi connectivity index (χ0v) is 13.9. The molecule has 1 nitrogen and oxygen atoms in total. The summed E-state index contributed by atoms with van der Waals surface area (Å²) in [5, 5.41) is 10.7. The minimum absolute atomic E-state index is 0.165. The van der Waals surface area contributed by atoms with Crippen molar-refractivity contribution in [3.8, 4) is 0 Å². The van der Waals surface area contributed by atoms with Gasteiger partial charge < -0.3 is 5.11 Å². The van der Waals surface area contributed by atoms with Gasteiger partial charge in [-0.1, -0.05) is 33.6 Å². The first-order valence-corrected chi connectivity index (χ1v) is 7.45. The van der Waals surface area contributed by atoms with Crippen LogP contribution >= 0.6 is 43.5 Å². The van der Waals surface area contributed by atoms with E-state index in [4.69, 9.17) is 11.6 Å². The predicted octanol–water partition coefficient (Wildman–Crippen LogP) is 5.39. The number of halogens is 4. The number of rotatable bonds is 2. The van der Waals surface area contributed by atoms with E-state index in [1.807, 2.05) is 19.1 Å². The van der Waals surface area contributed by atoms with Gasteiger partial charge in [-0.15, -0.1) is 0 Å². The molecule has 0 radical (unpaired) electrons. The van der Waals surface area contributed by atoms with E-state index in [1.54, 1.807) is 6.07 Å². The highest BCUT2D eigenvalue weighted by atomic mass is 79.9. The molecule has 100 valence electrons. The van der Waals surface area contributed by atoms with E-state index in [2.05, 4.69) is 31.9 Å². The molecule has 0 aliphatic carbocycles. The number of hydrogen-bond acceptors (Lipinski definition) is 1. The molecule has 2 aromatic carbocycles. The van der Waals surface area contributed by atoms with E-state index in [1.165, 1.54) is 12.1 Å². The Morgan fingerprint density at radius 1 is 1.16 bits per heavy atom. The molecule has 19 heavy (non-hydrogen) atoms. The summed E-state index contributed by atoms with van der Waals surface area (Å²) >= 11 is 12.5. The quantitative estimate of drug-likeness (QED) is 0.660. The Morgan fingerprint density at radius 2 is 1.84 bits per heavy atom. The van der Waals surface area contributed by atoms with E-state index < -0.39 is 11.9 Å².